The van der Waals surface area contributed by atoms with E-state index in [2.05, 4.69) is 10.6 Å². The van der Waals surface area contributed by atoms with Crippen molar-refractivity contribution in [3.05, 3.63) is 65.7 Å². The van der Waals surface area contributed by atoms with Crippen LogP contribution in [-0.4, -0.2) is 50.5 Å². The summed E-state index contributed by atoms with van der Waals surface area (Å²) in [5, 5.41) is 5.64. The van der Waals surface area contributed by atoms with Crippen molar-refractivity contribution in [1.82, 2.24) is 15.5 Å². The molecule has 0 aliphatic carbocycles. The molecule has 0 aliphatic heterocycles. The second kappa shape index (κ2) is 9.73. The molecule has 0 aliphatic rings. The maximum absolute atomic E-state index is 12.4. The highest BCUT2D eigenvalue weighted by Crippen LogP contribution is 2.27. The van der Waals surface area contributed by atoms with Crippen molar-refractivity contribution in [3.8, 4) is 5.75 Å². The fourth-order valence-corrected chi connectivity index (χ4v) is 2.80. The minimum atomic E-state index is -0.641. The summed E-state index contributed by atoms with van der Waals surface area (Å²) in [6.07, 6.45) is 0. The number of ether oxygens (including phenoxy) is 1. The zero-order chi connectivity index (χ0) is 19.8. The number of para-hydroxylation sites is 1. The van der Waals surface area contributed by atoms with Crippen LogP contribution in [0.15, 0.2) is 54.6 Å². The maximum atomic E-state index is 12.4. The predicted octanol–water partition coefficient (Wildman–Crippen LogP) is 2.23. The Labute approximate surface area is 160 Å². The molecule has 2 rings (SSSR count). The molecular weight excluding hydrogens is 342 g/mol. The molecule has 0 saturated heterocycles. The Hall–Kier alpha value is -2.86. The van der Waals surface area contributed by atoms with Crippen LogP contribution in [0.3, 0.4) is 0 Å². The van der Waals surface area contributed by atoms with Crippen LogP contribution in [0.1, 0.15) is 28.9 Å². The highest BCUT2D eigenvalue weighted by atomic mass is 16.5. The second-order valence-corrected chi connectivity index (χ2v) is 6.53. The van der Waals surface area contributed by atoms with Crippen molar-refractivity contribution >= 4 is 11.8 Å². The minimum absolute atomic E-state index is 0.0536. The number of hydrogen-bond donors (Lipinski definition) is 2. The van der Waals surface area contributed by atoms with Gasteiger partial charge in [-0.05, 0) is 39.2 Å². The molecule has 0 fully saturated rings. The largest absolute Gasteiger partial charge is 0.496 e. The van der Waals surface area contributed by atoms with Gasteiger partial charge in [-0.3, -0.25) is 9.59 Å². The Morgan fingerprint density at radius 2 is 1.67 bits per heavy atom. The van der Waals surface area contributed by atoms with Crippen LogP contribution in [0, 0.1) is 0 Å². The lowest BCUT2D eigenvalue weighted by molar-refractivity contribution is -0.122. The van der Waals surface area contributed by atoms with Crippen LogP contribution < -0.4 is 15.4 Å². The molecule has 0 radical (unpaired) electrons. The van der Waals surface area contributed by atoms with Gasteiger partial charge in [-0.1, -0.05) is 36.4 Å². The van der Waals surface area contributed by atoms with Crippen molar-refractivity contribution < 1.29 is 14.3 Å². The Bertz CT molecular complexity index is 762. The summed E-state index contributed by atoms with van der Waals surface area (Å²) in [6, 6.07) is 15.9. The van der Waals surface area contributed by atoms with E-state index in [-0.39, 0.29) is 17.9 Å². The molecule has 0 bridgehead atoms. The Balaban J connectivity index is 1.98. The van der Waals surface area contributed by atoms with E-state index >= 15 is 0 Å². The number of carbonyl (C=O) groups excluding carboxylic acids is 2. The number of rotatable bonds is 8. The lowest BCUT2D eigenvalue weighted by Crippen LogP contribution is -2.46. The third-order valence-electron chi connectivity index (χ3n) is 4.37. The van der Waals surface area contributed by atoms with Gasteiger partial charge in [-0.25, -0.2) is 0 Å². The fraction of sp³-hybridized carbons (Fsp3) is 0.333. The lowest BCUT2D eigenvalue weighted by Gasteiger charge is -2.27. The quantitative estimate of drug-likeness (QED) is 0.749. The molecule has 2 aromatic carbocycles. The van der Waals surface area contributed by atoms with Crippen LogP contribution in [0.5, 0.6) is 5.75 Å². The molecule has 2 aromatic rings. The van der Waals surface area contributed by atoms with E-state index in [1.54, 1.807) is 38.3 Å². The molecule has 144 valence electrons. The average Bonchev–Trinajstić information content (AvgIpc) is 2.68. The van der Waals surface area contributed by atoms with Gasteiger partial charge in [-0.2, -0.15) is 0 Å². The summed E-state index contributed by atoms with van der Waals surface area (Å²) in [6.45, 7) is 2.07. The normalized spacial score (nSPS) is 12.9. The Morgan fingerprint density at radius 1 is 1.04 bits per heavy atom. The molecule has 27 heavy (non-hydrogen) atoms. The van der Waals surface area contributed by atoms with E-state index in [4.69, 9.17) is 4.74 Å². The summed E-state index contributed by atoms with van der Waals surface area (Å²) in [5.74, 6) is 0.268. The van der Waals surface area contributed by atoms with Gasteiger partial charge in [0.2, 0.25) is 5.91 Å². The first-order valence-corrected chi connectivity index (χ1v) is 8.87. The second-order valence-electron chi connectivity index (χ2n) is 6.53. The van der Waals surface area contributed by atoms with E-state index in [9.17, 15) is 9.59 Å². The monoisotopic (exact) mass is 369 g/mol. The average molecular weight is 369 g/mol. The molecule has 0 heterocycles. The predicted molar refractivity (Wildman–Crippen MR) is 106 cm³/mol. The van der Waals surface area contributed by atoms with Gasteiger partial charge in [0.1, 0.15) is 11.8 Å². The van der Waals surface area contributed by atoms with Crippen LogP contribution in [0.25, 0.3) is 0 Å². The number of amides is 2. The number of carbonyl (C=O) groups is 2. The molecule has 6 heteroatoms. The molecule has 6 nitrogen and oxygen atoms in total. The third-order valence-corrected chi connectivity index (χ3v) is 4.37. The van der Waals surface area contributed by atoms with Crippen LogP contribution in [0.4, 0.5) is 0 Å². The molecular formula is C21H27N3O3. The molecule has 2 amide bonds. The lowest BCUT2D eigenvalue weighted by atomic mass is 10.0. The van der Waals surface area contributed by atoms with Gasteiger partial charge in [0.25, 0.3) is 5.91 Å². The van der Waals surface area contributed by atoms with Crippen molar-refractivity contribution in [2.24, 2.45) is 0 Å². The first-order valence-electron chi connectivity index (χ1n) is 8.87. The van der Waals surface area contributed by atoms with E-state index in [1.807, 2.05) is 49.3 Å². The van der Waals surface area contributed by atoms with Gasteiger partial charge >= 0.3 is 0 Å². The molecule has 2 N–H and O–H groups in total. The zero-order valence-corrected chi connectivity index (χ0v) is 16.2. The minimum Gasteiger partial charge on any atom is -0.496 e. The van der Waals surface area contributed by atoms with Gasteiger partial charge < -0.3 is 20.3 Å². The van der Waals surface area contributed by atoms with Crippen LogP contribution >= 0.6 is 0 Å². The van der Waals surface area contributed by atoms with Gasteiger partial charge in [0.05, 0.1) is 13.2 Å². The number of nitrogens with one attached hydrogen (secondary N) is 2. The van der Waals surface area contributed by atoms with E-state index < -0.39 is 6.04 Å². The topological polar surface area (TPSA) is 70.7 Å². The molecule has 2 unspecified atom stereocenters. The van der Waals surface area contributed by atoms with Crippen molar-refractivity contribution in [2.45, 2.75) is 19.0 Å². The standard InChI is InChI=1S/C21H27N3O3/c1-15(23-21(26)16-10-6-5-7-11-16)20(25)22-14-18(24(2)3)17-12-8-9-13-19(17)27-4/h5-13,15,18H,14H2,1-4H3,(H,22,25)(H,23,26). The van der Waals surface area contributed by atoms with E-state index in [1.165, 1.54) is 0 Å². The highest BCUT2D eigenvalue weighted by molar-refractivity contribution is 5.97. The first-order chi connectivity index (χ1) is 12.9. The maximum Gasteiger partial charge on any atom is 0.251 e. The van der Waals surface area contributed by atoms with E-state index in [0.29, 0.717) is 12.1 Å². The Kier molecular flexibility index (Phi) is 7.37. The highest BCUT2D eigenvalue weighted by Gasteiger charge is 2.21. The van der Waals surface area contributed by atoms with Crippen molar-refractivity contribution in [2.75, 3.05) is 27.7 Å². The molecule has 2 atom stereocenters. The summed E-state index contributed by atoms with van der Waals surface area (Å²) in [7, 11) is 5.53. The Morgan fingerprint density at radius 3 is 2.30 bits per heavy atom. The van der Waals surface area contributed by atoms with Crippen LogP contribution in [0.2, 0.25) is 0 Å². The summed E-state index contributed by atoms with van der Waals surface area (Å²) < 4.78 is 5.44. The number of methoxy groups -OCH3 is 1. The summed E-state index contributed by atoms with van der Waals surface area (Å²) in [5.41, 5.74) is 1.52. The SMILES string of the molecule is COc1ccccc1C(CNC(=O)C(C)NC(=O)c1ccccc1)N(C)C. The summed E-state index contributed by atoms with van der Waals surface area (Å²) >= 11 is 0. The third kappa shape index (κ3) is 5.56. The van der Waals surface area contributed by atoms with Crippen molar-refractivity contribution in [3.63, 3.8) is 0 Å². The summed E-state index contributed by atoms with van der Waals surface area (Å²) in [4.78, 5) is 26.7. The molecule has 0 saturated carbocycles. The molecule has 0 spiro atoms. The fourth-order valence-electron chi connectivity index (χ4n) is 2.80. The number of benzene rings is 2. The van der Waals surface area contributed by atoms with Crippen LogP contribution in [-0.2, 0) is 4.79 Å². The van der Waals surface area contributed by atoms with Gasteiger partial charge in [-0.15, -0.1) is 0 Å². The van der Waals surface area contributed by atoms with Gasteiger partial charge in [0.15, 0.2) is 0 Å². The van der Waals surface area contributed by atoms with E-state index in [0.717, 1.165) is 11.3 Å². The molecule has 0 aromatic heterocycles. The van der Waals surface area contributed by atoms with Gasteiger partial charge in [0, 0.05) is 17.7 Å². The number of hydrogen-bond acceptors (Lipinski definition) is 4. The zero-order valence-electron chi connectivity index (χ0n) is 16.2. The number of likely N-dealkylation sites (N-methyl/N-ethyl adjacent to an activating group) is 1. The van der Waals surface area contributed by atoms with Crippen molar-refractivity contribution in [1.29, 1.82) is 0 Å². The smallest absolute Gasteiger partial charge is 0.251 e. The first kappa shape index (κ1) is 20.5. The number of nitrogens with zero attached hydrogens (tertiary/aromatic N) is 1.